The standard InChI is InChI=1S/C16H25N5O2S/c1-16(2,3)18-14(23)17-12(22)8-9-24-15-20-19-13(10-4-5-10)21(15)11-6-7-11/h10-11H,4-9H2,1-3H3,(H2,17,18,22,23). The zero-order valence-corrected chi connectivity index (χ0v) is 15.3. The Morgan fingerprint density at radius 2 is 1.92 bits per heavy atom. The van der Waals surface area contributed by atoms with Gasteiger partial charge in [-0.3, -0.25) is 10.1 Å². The van der Waals surface area contributed by atoms with Crippen LogP contribution in [0.3, 0.4) is 0 Å². The highest BCUT2D eigenvalue weighted by Crippen LogP contribution is 2.45. The van der Waals surface area contributed by atoms with E-state index in [1.807, 2.05) is 20.8 Å². The Balaban J connectivity index is 1.46. The quantitative estimate of drug-likeness (QED) is 0.769. The van der Waals surface area contributed by atoms with Gasteiger partial charge in [0.25, 0.3) is 0 Å². The van der Waals surface area contributed by atoms with Crippen molar-refractivity contribution in [2.24, 2.45) is 0 Å². The van der Waals surface area contributed by atoms with Crippen LogP contribution in [-0.2, 0) is 4.79 Å². The third kappa shape index (κ3) is 4.72. The second-order valence-corrected chi connectivity index (χ2v) is 8.63. The average molecular weight is 351 g/mol. The Bertz CT molecular complexity index is 629. The molecule has 0 spiro atoms. The van der Waals surface area contributed by atoms with Crippen molar-refractivity contribution in [1.29, 1.82) is 0 Å². The molecule has 0 unspecified atom stereocenters. The minimum Gasteiger partial charge on any atom is -0.333 e. The molecule has 7 nitrogen and oxygen atoms in total. The smallest absolute Gasteiger partial charge is 0.321 e. The number of imide groups is 1. The average Bonchev–Trinajstić information content (AvgIpc) is 3.36. The fourth-order valence-electron chi connectivity index (χ4n) is 2.48. The van der Waals surface area contributed by atoms with E-state index >= 15 is 0 Å². The van der Waals surface area contributed by atoms with Crippen LogP contribution >= 0.6 is 11.8 Å². The van der Waals surface area contributed by atoms with Crippen LogP contribution in [-0.4, -0.2) is 38.0 Å². The summed E-state index contributed by atoms with van der Waals surface area (Å²) in [6, 6.07) is 0.0964. The molecule has 2 aliphatic rings. The first-order valence-electron chi connectivity index (χ1n) is 8.53. The van der Waals surface area contributed by atoms with Gasteiger partial charge >= 0.3 is 6.03 Å². The van der Waals surface area contributed by atoms with E-state index < -0.39 is 6.03 Å². The SMILES string of the molecule is CC(C)(C)NC(=O)NC(=O)CCSc1nnc(C2CC2)n1C1CC1. The highest BCUT2D eigenvalue weighted by atomic mass is 32.2. The molecule has 1 aromatic heterocycles. The second kappa shape index (κ2) is 6.74. The molecule has 0 atom stereocenters. The molecule has 24 heavy (non-hydrogen) atoms. The van der Waals surface area contributed by atoms with Gasteiger partial charge in [0, 0.05) is 29.7 Å². The molecule has 1 aromatic rings. The van der Waals surface area contributed by atoms with Crippen molar-refractivity contribution >= 4 is 23.7 Å². The number of thioether (sulfide) groups is 1. The first-order valence-corrected chi connectivity index (χ1v) is 9.51. The topological polar surface area (TPSA) is 88.9 Å². The van der Waals surface area contributed by atoms with Crippen LogP contribution in [0.15, 0.2) is 5.16 Å². The summed E-state index contributed by atoms with van der Waals surface area (Å²) in [6.45, 7) is 5.61. The van der Waals surface area contributed by atoms with Crippen molar-refractivity contribution < 1.29 is 9.59 Å². The summed E-state index contributed by atoms with van der Waals surface area (Å²) in [5.41, 5.74) is -0.362. The van der Waals surface area contributed by atoms with E-state index in [-0.39, 0.29) is 17.9 Å². The van der Waals surface area contributed by atoms with E-state index in [0.29, 0.717) is 17.7 Å². The molecule has 0 aromatic carbocycles. The molecule has 132 valence electrons. The molecule has 0 radical (unpaired) electrons. The maximum atomic E-state index is 11.9. The molecule has 0 aliphatic heterocycles. The largest absolute Gasteiger partial charge is 0.333 e. The molecule has 2 saturated carbocycles. The third-order valence-corrected chi connectivity index (χ3v) is 4.79. The Morgan fingerprint density at radius 3 is 2.50 bits per heavy atom. The fraction of sp³-hybridized carbons (Fsp3) is 0.750. The number of carbonyl (C=O) groups is 2. The number of hydrogen-bond acceptors (Lipinski definition) is 5. The summed E-state index contributed by atoms with van der Waals surface area (Å²) in [7, 11) is 0. The minimum atomic E-state index is -0.449. The molecule has 0 bridgehead atoms. The summed E-state index contributed by atoms with van der Waals surface area (Å²) >= 11 is 1.55. The third-order valence-electron chi connectivity index (χ3n) is 3.85. The number of hydrogen-bond donors (Lipinski definition) is 2. The van der Waals surface area contributed by atoms with Gasteiger partial charge in [0.15, 0.2) is 5.16 Å². The lowest BCUT2D eigenvalue weighted by Crippen LogP contribution is -2.48. The van der Waals surface area contributed by atoms with Crippen molar-refractivity contribution in [3.05, 3.63) is 5.82 Å². The predicted octanol–water partition coefficient (Wildman–Crippen LogP) is 2.60. The van der Waals surface area contributed by atoms with Crippen LogP contribution in [0.2, 0.25) is 0 Å². The lowest BCUT2D eigenvalue weighted by molar-refractivity contribution is -0.119. The van der Waals surface area contributed by atoms with Crippen LogP contribution in [0.25, 0.3) is 0 Å². The lowest BCUT2D eigenvalue weighted by atomic mass is 10.1. The maximum absolute atomic E-state index is 11.9. The molecule has 0 saturated heterocycles. The van der Waals surface area contributed by atoms with Crippen molar-refractivity contribution in [3.63, 3.8) is 0 Å². The van der Waals surface area contributed by atoms with Crippen LogP contribution in [0, 0.1) is 0 Å². The van der Waals surface area contributed by atoms with Gasteiger partial charge in [-0.05, 0) is 46.5 Å². The summed E-state index contributed by atoms with van der Waals surface area (Å²) < 4.78 is 2.27. The van der Waals surface area contributed by atoms with Gasteiger partial charge in [0.05, 0.1) is 0 Å². The number of carbonyl (C=O) groups excluding carboxylic acids is 2. The predicted molar refractivity (Wildman–Crippen MR) is 92.0 cm³/mol. The van der Waals surface area contributed by atoms with Crippen LogP contribution < -0.4 is 10.6 Å². The Kier molecular flexibility index (Phi) is 4.85. The fourth-order valence-corrected chi connectivity index (χ4v) is 3.43. The number of nitrogens with zero attached hydrogens (tertiary/aromatic N) is 3. The maximum Gasteiger partial charge on any atom is 0.321 e. The van der Waals surface area contributed by atoms with E-state index in [9.17, 15) is 9.59 Å². The van der Waals surface area contributed by atoms with Gasteiger partial charge in [0.2, 0.25) is 5.91 Å². The molecule has 1 heterocycles. The molecular weight excluding hydrogens is 326 g/mol. The summed E-state index contributed by atoms with van der Waals surface area (Å²) in [5, 5.41) is 14.6. The zero-order chi connectivity index (χ0) is 17.3. The number of aromatic nitrogens is 3. The number of amides is 3. The molecule has 3 amide bonds. The van der Waals surface area contributed by atoms with Gasteiger partial charge in [-0.1, -0.05) is 11.8 Å². The molecule has 3 rings (SSSR count). The number of rotatable bonds is 6. The summed E-state index contributed by atoms with van der Waals surface area (Å²) in [6.07, 6.45) is 5.08. The van der Waals surface area contributed by atoms with E-state index in [2.05, 4.69) is 25.4 Å². The molecule has 2 aliphatic carbocycles. The van der Waals surface area contributed by atoms with Crippen LogP contribution in [0.1, 0.15) is 70.7 Å². The van der Waals surface area contributed by atoms with Crippen LogP contribution in [0.4, 0.5) is 4.79 Å². The van der Waals surface area contributed by atoms with E-state index in [1.54, 1.807) is 11.8 Å². The van der Waals surface area contributed by atoms with Gasteiger partial charge in [-0.25, -0.2) is 4.79 Å². The second-order valence-electron chi connectivity index (χ2n) is 7.57. The van der Waals surface area contributed by atoms with E-state index in [1.165, 1.54) is 25.7 Å². The number of nitrogens with one attached hydrogen (secondary N) is 2. The van der Waals surface area contributed by atoms with E-state index in [0.717, 1.165) is 11.0 Å². The zero-order valence-electron chi connectivity index (χ0n) is 14.5. The number of urea groups is 1. The first-order chi connectivity index (χ1) is 11.3. The monoisotopic (exact) mass is 351 g/mol. The Morgan fingerprint density at radius 1 is 1.21 bits per heavy atom. The highest BCUT2D eigenvalue weighted by Gasteiger charge is 2.36. The normalized spacial score (nSPS) is 17.6. The van der Waals surface area contributed by atoms with Gasteiger partial charge in [-0.2, -0.15) is 0 Å². The summed E-state index contributed by atoms with van der Waals surface area (Å²) in [4.78, 5) is 23.5. The molecular formula is C16H25N5O2S. The van der Waals surface area contributed by atoms with Gasteiger partial charge in [-0.15, -0.1) is 10.2 Å². The van der Waals surface area contributed by atoms with Crippen molar-refractivity contribution in [2.45, 2.75) is 75.5 Å². The first kappa shape index (κ1) is 17.3. The van der Waals surface area contributed by atoms with E-state index in [4.69, 9.17) is 0 Å². The Labute approximate surface area is 146 Å². The Hall–Kier alpha value is -1.57. The molecule has 2 fully saturated rings. The molecule has 8 heteroatoms. The van der Waals surface area contributed by atoms with Crippen molar-refractivity contribution in [3.8, 4) is 0 Å². The summed E-state index contributed by atoms with van der Waals surface area (Å²) in [5.74, 6) is 2.01. The highest BCUT2D eigenvalue weighted by molar-refractivity contribution is 7.99. The minimum absolute atomic E-state index is 0.274. The van der Waals surface area contributed by atoms with Gasteiger partial charge in [0.1, 0.15) is 5.82 Å². The van der Waals surface area contributed by atoms with Crippen molar-refractivity contribution in [2.75, 3.05) is 5.75 Å². The lowest BCUT2D eigenvalue weighted by Gasteiger charge is -2.20. The van der Waals surface area contributed by atoms with Crippen molar-refractivity contribution in [1.82, 2.24) is 25.4 Å². The van der Waals surface area contributed by atoms with Gasteiger partial charge < -0.3 is 9.88 Å². The molecule has 2 N–H and O–H groups in total. The van der Waals surface area contributed by atoms with Crippen LogP contribution in [0.5, 0.6) is 0 Å².